The molecule has 18 heavy (non-hydrogen) atoms. The van der Waals surface area contributed by atoms with E-state index >= 15 is 0 Å². The summed E-state index contributed by atoms with van der Waals surface area (Å²) >= 11 is 0. The number of rotatable bonds is 3. The van der Waals surface area contributed by atoms with Crippen molar-refractivity contribution in [1.82, 2.24) is 9.97 Å². The molecule has 1 N–H and O–H groups in total. The van der Waals surface area contributed by atoms with Gasteiger partial charge in [0, 0.05) is 24.2 Å². The highest BCUT2D eigenvalue weighted by Crippen LogP contribution is 2.29. The Balaban J connectivity index is 2.33. The average Bonchev–Trinajstić information content (AvgIpc) is 2.69. The Kier molecular flexibility index (Phi) is 3.85. The summed E-state index contributed by atoms with van der Waals surface area (Å²) in [7, 11) is 0. The minimum Gasteiger partial charge on any atom is -0.394 e. The highest BCUT2D eigenvalue weighted by molar-refractivity contribution is 5.43. The predicted molar refractivity (Wildman–Crippen MR) is 72.9 cm³/mol. The summed E-state index contributed by atoms with van der Waals surface area (Å²) in [6.07, 6.45) is 1.12. The number of aliphatic hydroxyl groups is 1. The SMILES string of the molecule is Cc1cc(N2CCC(C)C2CO)nc(C(C)C)n1. The molecule has 1 aromatic heterocycles. The lowest BCUT2D eigenvalue weighted by Gasteiger charge is -2.27. The standard InChI is InChI=1S/C14H23N3O/c1-9(2)14-15-11(4)7-13(16-14)17-6-5-10(3)12(17)8-18/h7,9-10,12,18H,5-6,8H2,1-4H3. The molecule has 1 aromatic rings. The molecule has 2 rings (SSSR count). The van der Waals surface area contributed by atoms with Gasteiger partial charge < -0.3 is 10.0 Å². The molecule has 0 aliphatic carbocycles. The fourth-order valence-electron chi connectivity index (χ4n) is 2.55. The van der Waals surface area contributed by atoms with Crippen LogP contribution in [0.15, 0.2) is 6.07 Å². The van der Waals surface area contributed by atoms with Gasteiger partial charge in [-0.3, -0.25) is 0 Å². The molecule has 4 heteroatoms. The molecule has 1 aliphatic rings. The van der Waals surface area contributed by atoms with Crippen LogP contribution in [0.2, 0.25) is 0 Å². The Bertz CT molecular complexity index is 420. The van der Waals surface area contributed by atoms with Crippen molar-refractivity contribution < 1.29 is 5.11 Å². The van der Waals surface area contributed by atoms with Crippen molar-refractivity contribution in [1.29, 1.82) is 0 Å². The summed E-state index contributed by atoms with van der Waals surface area (Å²) in [6.45, 7) is 9.58. The van der Waals surface area contributed by atoms with Gasteiger partial charge in [-0.05, 0) is 19.3 Å². The molecule has 1 aliphatic heterocycles. The molecule has 0 saturated carbocycles. The van der Waals surface area contributed by atoms with Crippen LogP contribution in [0.1, 0.15) is 44.6 Å². The number of hydrogen-bond donors (Lipinski definition) is 1. The predicted octanol–water partition coefficient (Wildman–Crippen LogP) is 2.12. The van der Waals surface area contributed by atoms with E-state index in [9.17, 15) is 5.11 Å². The van der Waals surface area contributed by atoms with E-state index in [4.69, 9.17) is 0 Å². The fourth-order valence-corrected chi connectivity index (χ4v) is 2.55. The summed E-state index contributed by atoms with van der Waals surface area (Å²) in [5.74, 6) is 2.71. The third-order valence-electron chi connectivity index (χ3n) is 3.74. The van der Waals surface area contributed by atoms with Crippen molar-refractivity contribution in [2.45, 2.75) is 46.1 Å². The van der Waals surface area contributed by atoms with E-state index in [0.717, 1.165) is 30.3 Å². The van der Waals surface area contributed by atoms with Crippen LogP contribution in [-0.2, 0) is 0 Å². The summed E-state index contributed by atoms with van der Waals surface area (Å²) in [6, 6.07) is 2.21. The molecule has 1 saturated heterocycles. The Morgan fingerprint density at radius 2 is 2.17 bits per heavy atom. The van der Waals surface area contributed by atoms with E-state index < -0.39 is 0 Å². The second-order valence-corrected chi connectivity index (χ2v) is 5.59. The molecule has 0 aromatic carbocycles. The van der Waals surface area contributed by atoms with E-state index in [0.29, 0.717) is 11.8 Å². The van der Waals surface area contributed by atoms with E-state index in [1.165, 1.54) is 0 Å². The first kappa shape index (κ1) is 13.3. The average molecular weight is 249 g/mol. The van der Waals surface area contributed by atoms with E-state index in [1.807, 2.05) is 13.0 Å². The van der Waals surface area contributed by atoms with Gasteiger partial charge in [0.05, 0.1) is 12.6 Å². The Labute approximate surface area is 109 Å². The first-order chi connectivity index (χ1) is 8.52. The van der Waals surface area contributed by atoms with Crippen molar-refractivity contribution in [3.8, 4) is 0 Å². The van der Waals surface area contributed by atoms with Crippen LogP contribution in [0, 0.1) is 12.8 Å². The van der Waals surface area contributed by atoms with E-state index in [-0.39, 0.29) is 12.6 Å². The normalized spacial score (nSPS) is 24.0. The minimum absolute atomic E-state index is 0.194. The van der Waals surface area contributed by atoms with Crippen LogP contribution in [-0.4, -0.2) is 34.3 Å². The highest BCUT2D eigenvalue weighted by Gasteiger charge is 2.31. The molecule has 2 unspecified atom stereocenters. The van der Waals surface area contributed by atoms with Crippen LogP contribution in [0.25, 0.3) is 0 Å². The molecule has 0 amide bonds. The lowest BCUT2D eigenvalue weighted by molar-refractivity contribution is 0.244. The summed E-state index contributed by atoms with van der Waals surface area (Å²) in [5.41, 5.74) is 1.000. The largest absolute Gasteiger partial charge is 0.394 e. The van der Waals surface area contributed by atoms with Gasteiger partial charge in [-0.2, -0.15) is 0 Å². The molecule has 0 radical (unpaired) electrons. The van der Waals surface area contributed by atoms with E-state index in [2.05, 4.69) is 35.6 Å². The lowest BCUT2D eigenvalue weighted by atomic mass is 10.0. The van der Waals surface area contributed by atoms with Gasteiger partial charge in [-0.25, -0.2) is 9.97 Å². The monoisotopic (exact) mass is 249 g/mol. The maximum Gasteiger partial charge on any atom is 0.133 e. The first-order valence-corrected chi connectivity index (χ1v) is 6.76. The molecule has 100 valence electrons. The number of hydrogen-bond acceptors (Lipinski definition) is 4. The minimum atomic E-state index is 0.194. The zero-order valence-corrected chi connectivity index (χ0v) is 11.7. The second-order valence-electron chi connectivity index (χ2n) is 5.59. The number of aryl methyl sites for hydroxylation is 1. The lowest BCUT2D eigenvalue weighted by Crippen LogP contribution is -2.36. The van der Waals surface area contributed by atoms with Crippen molar-refractivity contribution in [2.24, 2.45) is 5.92 Å². The summed E-state index contributed by atoms with van der Waals surface area (Å²) < 4.78 is 0. The molecule has 1 fully saturated rings. The molecule has 0 bridgehead atoms. The van der Waals surface area contributed by atoms with Gasteiger partial charge in [-0.15, -0.1) is 0 Å². The Hall–Kier alpha value is -1.16. The number of aliphatic hydroxyl groups excluding tert-OH is 1. The molecule has 0 spiro atoms. The third-order valence-corrected chi connectivity index (χ3v) is 3.74. The van der Waals surface area contributed by atoms with Crippen LogP contribution in [0.5, 0.6) is 0 Å². The van der Waals surface area contributed by atoms with Crippen LogP contribution >= 0.6 is 0 Å². The summed E-state index contributed by atoms with van der Waals surface area (Å²) in [5, 5.41) is 9.53. The highest BCUT2D eigenvalue weighted by atomic mass is 16.3. The van der Waals surface area contributed by atoms with Crippen molar-refractivity contribution in [2.75, 3.05) is 18.1 Å². The zero-order valence-electron chi connectivity index (χ0n) is 11.7. The van der Waals surface area contributed by atoms with Gasteiger partial charge >= 0.3 is 0 Å². The van der Waals surface area contributed by atoms with Gasteiger partial charge in [0.1, 0.15) is 11.6 Å². The Morgan fingerprint density at radius 3 is 2.78 bits per heavy atom. The molecular weight excluding hydrogens is 226 g/mol. The van der Waals surface area contributed by atoms with Gasteiger partial charge in [0.15, 0.2) is 0 Å². The van der Waals surface area contributed by atoms with Crippen molar-refractivity contribution >= 4 is 5.82 Å². The van der Waals surface area contributed by atoms with Gasteiger partial charge in [0.25, 0.3) is 0 Å². The second kappa shape index (κ2) is 5.22. The first-order valence-electron chi connectivity index (χ1n) is 6.76. The van der Waals surface area contributed by atoms with Gasteiger partial charge in [-0.1, -0.05) is 20.8 Å². The van der Waals surface area contributed by atoms with Crippen molar-refractivity contribution in [3.63, 3.8) is 0 Å². The number of anilines is 1. The molecule has 2 atom stereocenters. The van der Waals surface area contributed by atoms with Gasteiger partial charge in [0.2, 0.25) is 0 Å². The number of aromatic nitrogens is 2. The Morgan fingerprint density at radius 1 is 1.44 bits per heavy atom. The molecular formula is C14H23N3O. The quantitative estimate of drug-likeness (QED) is 0.891. The maximum atomic E-state index is 9.53. The zero-order chi connectivity index (χ0) is 13.3. The van der Waals surface area contributed by atoms with Crippen LogP contribution < -0.4 is 4.90 Å². The van der Waals surface area contributed by atoms with Crippen molar-refractivity contribution in [3.05, 3.63) is 17.6 Å². The smallest absolute Gasteiger partial charge is 0.133 e. The topological polar surface area (TPSA) is 49.2 Å². The molecule has 4 nitrogen and oxygen atoms in total. The summed E-state index contributed by atoms with van der Waals surface area (Å²) in [4.78, 5) is 11.4. The fraction of sp³-hybridized carbons (Fsp3) is 0.714. The van der Waals surface area contributed by atoms with Crippen LogP contribution in [0.3, 0.4) is 0 Å². The van der Waals surface area contributed by atoms with E-state index in [1.54, 1.807) is 0 Å². The maximum absolute atomic E-state index is 9.53. The number of nitrogens with zero attached hydrogens (tertiary/aromatic N) is 3. The van der Waals surface area contributed by atoms with Crippen LogP contribution in [0.4, 0.5) is 5.82 Å². The molecule has 2 heterocycles. The third kappa shape index (κ3) is 2.48.